The Morgan fingerprint density at radius 1 is 0.960 bits per heavy atom. The van der Waals surface area contributed by atoms with Crippen molar-refractivity contribution in [3.05, 3.63) is 65.5 Å². The summed E-state index contributed by atoms with van der Waals surface area (Å²) in [6.45, 7) is 2.14. The Morgan fingerprint density at radius 3 is 2.56 bits per heavy atom. The number of benzene rings is 1. The van der Waals surface area contributed by atoms with Crippen molar-refractivity contribution in [3.63, 3.8) is 0 Å². The molecule has 128 valence electrons. The molecule has 3 aromatic rings. The summed E-state index contributed by atoms with van der Waals surface area (Å²) in [5.41, 5.74) is 4.43. The summed E-state index contributed by atoms with van der Waals surface area (Å²) in [7, 11) is 0. The van der Waals surface area contributed by atoms with Crippen LogP contribution in [-0.2, 0) is 0 Å². The zero-order chi connectivity index (χ0) is 17.1. The van der Waals surface area contributed by atoms with E-state index < -0.39 is 0 Å². The first kappa shape index (κ1) is 15.9. The summed E-state index contributed by atoms with van der Waals surface area (Å²) in [5.74, 6) is 1.13. The first-order valence-electron chi connectivity index (χ1n) is 9.29. The van der Waals surface area contributed by atoms with Crippen molar-refractivity contribution in [1.29, 1.82) is 0 Å². The number of nitrogens with one attached hydrogen (secondary N) is 1. The number of imidazole rings is 1. The predicted molar refractivity (Wildman–Crippen MR) is 106 cm³/mol. The maximum absolute atomic E-state index is 4.87. The maximum atomic E-state index is 4.87. The lowest BCUT2D eigenvalue weighted by Crippen LogP contribution is -2.23. The van der Waals surface area contributed by atoms with Gasteiger partial charge in [0.2, 0.25) is 0 Å². The highest BCUT2D eigenvalue weighted by Gasteiger charge is 2.18. The first-order valence-corrected chi connectivity index (χ1v) is 9.29. The molecule has 0 saturated heterocycles. The van der Waals surface area contributed by atoms with Gasteiger partial charge in [0.25, 0.3) is 0 Å². The third-order valence-electron chi connectivity index (χ3n) is 5.04. The van der Waals surface area contributed by atoms with Gasteiger partial charge >= 0.3 is 0 Å². The van der Waals surface area contributed by atoms with Crippen molar-refractivity contribution < 1.29 is 0 Å². The molecule has 3 heteroatoms. The molecule has 1 saturated carbocycles. The minimum Gasteiger partial charge on any atom is -0.367 e. The number of hydrogen-bond donors (Lipinski definition) is 1. The molecule has 1 N–H and O–H groups in total. The van der Waals surface area contributed by atoms with Gasteiger partial charge in [0.1, 0.15) is 17.2 Å². The van der Waals surface area contributed by atoms with E-state index in [4.69, 9.17) is 4.98 Å². The van der Waals surface area contributed by atoms with Gasteiger partial charge in [-0.2, -0.15) is 0 Å². The number of pyridine rings is 1. The van der Waals surface area contributed by atoms with E-state index in [0.717, 1.165) is 17.2 Å². The van der Waals surface area contributed by atoms with Gasteiger partial charge in [-0.05, 0) is 43.5 Å². The van der Waals surface area contributed by atoms with E-state index in [1.807, 2.05) is 6.07 Å². The van der Waals surface area contributed by atoms with Crippen LogP contribution in [0.5, 0.6) is 0 Å². The fraction of sp³-hybridized carbons (Fsp3) is 0.318. The van der Waals surface area contributed by atoms with Crippen LogP contribution < -0.4 is 5.32 Å². The van der Waals surface area contributed by atoms with E-state index in [2.05, 4.69) is 71.3 Å². The molecular weight excluding hydrogens is 306 g/mol. The minimum absolute atomic E-state index is 0.553. The number of nitrogens with zero attached hydrogens (tertiary/aromatic N) is 2. The second-order valence-electron chi connectivity index (χ2n) is 6.93. The molecule has 1 aliphatic carbocycles. The largest absolute Gasteiger partial charge is 0.367 e. The summed E-state index contributed by atoms with van der Waals surface area (Å²) in [6.07, 6.45) is 10.8. The van der Waals surface area contributed by atoms with E-state index >= 15 is 0 Å². The Bertz CT molecular complexity index is 871. The molecule has 0 unspecified atom stereocenters. The maximum Gasteiger partial charge on any atom is 0.139 e. The molecular formula is C22H25N3. The number of aromatic nitrogens is 2. The van der Waals surface area contributed by atoms with E-state index in [0.29, 0.717) is 6.04 Å². The lowest BCUT2D eigenvalue weighted by Gasteiger charge is -2.24. The van der Waals surface area contributed by atoms with Gasteiger partial charge in [0.05, 0.1) is 0 Å². The van der Waals surface area contributed by atoms with Crippen LogP contribution >= 0.6 is 0 Å². The summed E-state index contributed by atoms with van der Waals surface area (Å²) >= 11 is 0. The molecule has 2 aromatic heterocycles. The first-order chi connectivity index (χ1) is 12.3. The van der Waals surface area contributed by atoms with Crippen LogP contribution in [0.2, 0.25) is 0 Å². The van der Waals surface area contributed by atoms with Crippen LogP contribution in [0.15, 0.2) is 48.5 Å². The van der Waals surface area contributed by atoms with Gasteiger partial charge in [-0.15, -0.1) is 0 Å². The van der Waals surface area contributed by atoms with Crippen LogP contribution in [0.1, 0.15) is 49.1 Å². The summed E-state index contributed by atoms with van der Waals surface area (Å²) < 4.78 is 2.25. The Morgan fingerprint density at radius 2 is 1.76 bits per heavy atom. The average molecular weight is 331 g/mol. The number of hydrogen-bond acceptors (Lipinski definition) is 2. The number of rotatable bonds is 4. The number of fused-ring (bicyclic) bond motifs is 1. The molecule has 0 bridgehead atoms. The highest BCUT2D eigenvalue weighted by atomic mass is 15.2. The summed E-state index contributed by atoms with van der Waals surface area (Å²) in [5, 5.41) is 3.80. The Balaban J connectivity index is 1.73. The monoisotopic (exact) mass is 331 g/mol. The van der Waals surface area contributed by atoms with Gasteiger partial charge in [-0.1, -0.05) is 61.7 Å². The van der Waals surface area contributed by atoms with Crippen molar-refractivity contribution in [2.24, 2.45) is 0 Å². The molecule has 3 nitrogen and oxygen atoms in total. The van der Waals surface area contributed by atoms with Crippen LogP contribution in [0.3, 0.4) is 0 Å². The van der Waals surface area contributed by atoms with E-state index in [-0.39, 0.29) is 0 Å². The number of anilines is 1. The minimum atomic E-state index is 0.553. The van der Waals surface area contributed by atoms with Gasteiger partial charge in [-0.25, -0.2) is 4.98 Å². The molecule has 25 heavy (non-hydrogen) atoms. The molecule has 1 aromatic carbocycles. The van der Waals surface area contributed by atoms with Crippen LogP contribution in [0.25, 0.3) is 17.8 Å². The van der Waals surface area contributed by atoms with E-state index in [9.17, 15) is 0 Å². The summed E-state index contributed by atoms with van der Waals surface area (Å²) in [4.78, 5) is 4.87. The van der Waals surface area contributed by atoms with Gasteiger partial charge < -0.3 is 5.32 Å². The number of aryl methyl sites for hydroxylation is 1. The highest BCUT2D eigenvalue weighted by Crippen LogP contribution is 2.27. The topological polar surface area (TPSA) is 29.3 Å². The Labute approximate surface area is 149 Å². The van der Waals surface area contributed by atoms with Gasteiger partial charge in [-0.3, -0.25) is 4.40 Å². The second kappa shape index (κ2) is 7.14. The zero-order valence-electron chi connectivity index (χ0n) is 14.8. The molecule has 4 rings (SSSR count). The fourth-order valence-corrected chi connectivity index (χ4v) is 3.71. The SMILES string of the molecule is Cc1cccc2nc(C=Cc3ccccc3)c(NC3CCCCC3)n12. The van der Waals surface area contributed by atoms with E-state index in [1.54, 1.807) is 0 Å². The van der Waals surface area contributed by atoms with Crippen LogP contribution in [0.4, 0.5) is 5.82 Å². The summed E-state index contributed by atoms with van der Waals surface area (Å²) in [6, 6.07) is 17.3. The molecule has 1 fully saturated rings. The zero-order valence-corrected chi connectivity index (χ0v) is 14.8. The molecule has 2 heterocycles. The molecule has 0 radical (unpaired) electrons. The standard InChI is InChI=1S/C22H25N3/c1-17-9-8-14-21-24-20(16-15-18-10-4-2-5-11-18)22(25(17)21)23-19-12-6-3-7-13-19/h2,4-5,8-11,14-16,19,23H,3,6-7,12-13H2,1H3. The second-order valence-corrected chi connectivity index (χ2v) is 6.93. The Kier molecular flexibility index (Phi) is 4.55. The van der Waals surface area contributed by atoms with Gasteiger partial charge in [0, 0.05) is 11.7 Å². The fourth-order valence-electron chi connectivity index (χ4n) is 3.71. The molecule has 0 atom stereocenters. The lowest BCUT2D eigenvalue weighted by molar-refractivity contribution is 0.461. The normalized spacial score (nSPS) is 15.9. The Hall–Kier alpha value is -2.55. The van der Waals surface area contributed by atoms with E-state index in [1.165, 1.54) is 43.4 Å². The molecule has 1 aliphatic rings. The van der Waals surface area contributed by atoms with Crippen molar-refractivity contribution in [3.8, 4) is 0 Å². The third kappa shape index (κ3) is 3.46. The molecule has 0 aliphatic heterocycles. The van der Waals surface area contributed by atoms with Crippen molar-refractivity contribution >= 4 is 23.6 Å². The quantitative estimate of drug-likeness (QED) is 0.678. The van der Waals surface area contributed by atoms with Crippen molar-refractivity contribution in [2.75, 3.05) is 5.32 Å². The molecule has 0 spiro atoms. The van der Waals surface area contributed by atoms with Crippen molar-refractivity contribution in [1.82, 2.24) is 9.38 Å². The third-order valence-corrected chi connectivity index (χ3v) is 5.04. The highest BCUT2D eigenvalue weighted by molar-refractivity contribution is 5.76. The van der Waals surface area contributed by atoms with Gasteiger partial charge in [0.15, 0.2) is 0 Å². The smallest absolute Gasteiger partial charge is 0.139 e. The average Bonchev–Trinajstić information content (AvgIpc) is 3.00. The molecule has 0 amide bonds. The predicted octanol–water partition coefficient (Wildman–Crippen LogP) is 5.56. The van der Waals surface area contributed by atoms with Crippen LogP contribution in [-0.4, -0.2) is 15.4 Å². The van der Waals surface area contributed by atoms with Crippen LogP contribution in [0, 0.1) is 6.92 Å². The van der Waals surface area contributed by atoms with Crippen molar-refractivity contribution in [2.45, 2.75) is 45.1 Å². The lowest BCUT2D eigenvalue weighted by atomic mass is 9.95.